The molecule has 1 aromatic carbocycles. The van der Waals surface area contributed by atoms with E-state index in [0.29, 0.717) is 19.3 Å². The molecule has 1 saturated carbocycles. The second kappa shape index (κ2) is 8.73. The smallest absolute Gasteiger partial charge is 0.234 e. The zero-order valence-corrected chi connectivity index (χ0v) is 16.7. The molecule has 9 heteroatoms. The van der Waals surface area contributed by atoms with Crippen molar-refractivity contribution in [3.05, 3.63) is 29.8 Å². The molecule has 1 atom stereocenters. The van der Waals surface area contributed by atoms with E-state index in [4.69, 9.17) is 4.74 Å². The van der Waals surface area contributed by atoms with Gasteiger partial charge in [-0.1, -0.05) is 0 Å². The molecule has 1 unspecified atom stereocenters. The Kier molecular flexibility index (Phi) is 6.54. The van der Waals surface area contributed by atoms with E-state index in [1.165, 1.54) is 0 Å². The van der Waals surface area contributed by atoms with Gasteiger partial charge in [0.2, 0.25) is 5.91 Å². The van der Waals surface area contributed by atoms with Gasteiger partial charge in [-0.05, 0) is 39.2 Å². The number of benzene rings is 1. The number of rotatable bonds is 6. The van der Waals surface area contributed by atoms with Crippen molar-refractivity contribution in [2.24, 2.45) is 0 Å². The molecule has 0 aromatic heterocycles. The van der Waals surface area contributed by atoms with E-state index in [9.17, 15) is 22.0 Å². The molecule has 0 radical (unpaired) electrons. The lowest BCUT2D eigenvalue weighted by atomic mass is 9.93. The van der Waals surface area contributed by atoms with Crippen LogP contribution in [0, 0.1) is 11.6 Å². The molecule has 1 amide bonds. The largest absolute Gasteiger partial charge is 0.490 e. The number of carbonyl (C=O) groups is 1. The third-order valence-electron chi connectivity index (χ3n) is 5.40. The summed E-state index contributed by atoms with van der Waals surface area (Å²) in [5.74, 6) is -0.991. The van der Waals surface area contributed by atoms with E-state index in [0.717, 1.165) is 31.0 Å². The maximum atomic E-state index is 13.2. The van der Waals surface area contributed by atoms with Crippen LogP contribution in [0.3, 0.4) is 0 Å². The number of halogens is 2. The van der Waals surface area contributed by atoms with Crippen LogP contribution in [0.4, 0.5) is 8.78 Å². The Morgan fingerprint density at radius 3 is 2.36 bits per heavy atom. The fraction of sp³-hybridized carbons (Fsp3) is 0.632. The fourth-order valence-corrected chi connectivity index (χ4v) is 5.67. The summed E-state index contributed by atoms with van der Waals surface area (Å²) in [6.45, 7) is 0.166. The van der Waals surface area contributed by atoms with Crippen molar-refractivity contribution in [1.29, 1.82) is 0 Å². The van der Waals surface area contributed by atoms with E-state index < -0.39 is 21.5 Å². The standard InChI is InChI=1S/C19H26F2N2O4S/c1-23(16-6-7-28(25,26)12-16)11-19(24)22-15-2-4-17(5-3-15)27-18-9-13(20)8-14(21)10-18/h8-10,15-17H,2-7,11-12H2,1H3,(H,22,24). The molecule has 1 aliphatic carbocycles. The second-order valence-electron chi connectivity index (χ2n) is 7.74. The second-order valence-corrected chi connectivity index (χ2v) is 9.96. The van der Waals surface area contributed by atoms with E-state index >= 15 is 0 Å². The molecule has 0 bridgehead atoms. The average Bonchev–Trinajstić information content (AvgIpc) is 2.96. The summed E-state index contributed by atoms with van der Waals surface area (Å²) in [5.41, 5.74) is 0. The highest BCUT2D eigenvalue weighted by Crippen LogP contribution is 2.25. The van der Waals surface area contributed by atoms with Crippen LogP contribution in [-0.4, -0.2) is 62.5 Å². The summed E-state index contributed by atoms with van der Waals surface area (Å²) in [6, 6.07) is 3.05. The molecule has 1 heterocycles. The number of likely N-dealkylation sites (N-methyl/N-ethyl adjacent to an activating group) is 1. The monoisotopic (exact) mass is 416 g/mol. The lowest BCUT2D eigenvalue weighted by molar-refractivity contribution is -0.123. The highest BCUT2D eigenvalue weighted by atomic mass is 32.2. The van der Waals surface area contributed by atoms with Crippen LogP contribution in [-0.2, 0) is 14.6 Å². The van der Waals surface area contributed by atoms with Crippen LogP contribution >= 0.6 is 0 Å². The molecule has 1 aromatic rings. The van der Waals surface area contributed by atoms with Gasteiger partial charge < -0.3 is 10.1 Å². The quantitative estimate of drug-likeness (QED) is 0.767. The first kappa shape index (κ1) is 21.0. The lowest BCUT2D eigenvalue weighted by Gasteiger charge is -2.30. The van der Waals surface area contributed by atoms with E-state index in [-0.39, 0.29) is 47.9 Å². The first-order chi connectivity index (χ1) is 13.2. The molecule has 1 N–H and O–H groups in total. The van der Waals surface area contributed by atoms with Gasteiger partial charge >= 0.3 is 0 Å². The van der Waals surface area contributed by atoms with Crippen LogP contribution in [0.1, 0.15) is 32.1 Å². The van der Waals surface area contributed by atoms with Crippen molar-refractivity contribution >= 4 is 15.7 Å². The molecule has 156 valence electrons. The highest BCUT2D eigenvalue weighted by Gasteiger charge is 2.31. The topological polar surface area (TPSA) is 75.7 Å². The van der Waals surface area contributed by atoms with Gasteiger partial charge in [-0.25, -0.2) is 17.2 Å². The summed E-state index contributed by atoms with van der Waals surface area (Å²) in [4.78, 5) is 14.1. The minimum atomic E-state index is -2.98. The van der Waals surface area contributed by atoms with Gasteiger partial charge in [0.25, 0.3) is 0 Å². The SMILES string of the molecule is CN(CC(=O)NC1CCC(Oc2cc(F)cc(F)c2)CC1)C1CCS(=O)(=O)C1. The number of nitrogens with one attached hydrogen (secondary N) is 1. The third kappa shape index (κ3) is 5.88. The molecule has 1 saturated heterocycles. The predicted octanol–water partition coefficient (Wildman–Crippen LogP) is 1.89. The third-order valence-corrected chi connectivity index (χ3v) is 7.15. The summed E-state index contributed by atoms with van der Waals surface area (Å²) in [7, 11) is -1.20. The summed E-state index contributed by atoms with van der Waals surface area (Å²) < 4.78 is 55.3. The van der Waals surface area contributed by atoms with Crippen LogP contribution in [0.15, 0.2) is 18.2 Å². The number of carbonyl (C=O) groups excluding carboxylic acids is 1. The summed E-state index contributed by atoms with van der Waals surface area (Å²) in [5, 5.41) is 2.99. The lowest BCUT2D eigenvalue weighted by Crippen LogP contribution is -2.46. The van der Waals surface area contributed by atoms with Crippen LogP contribution in [0.5, 0.6) is 5.75 Å². The van der Waals surface area contributed by atoms with Crippen LogP contribution < -0.4 is 10.1 Å². The highest BCUT2D eigenvalue weighted by molar-refractivity contribution is 7.91. The minimum Gasteiger partial charge on any atom is -0.490 e. The predicted molar refractivity (Wildman–Crippen MR) is 101 cm³/mol. The molecular formula is C19H26F2N2O4S. The van der Waals surface area contributed by atoms with E-state index in [1.54, 1.807) is 11.9 Å². The minimum absolute atomic E-state index is 0.0253. The maximum absolute atomic E-state index is 13.2. The van der Waals surface area contributed by atoms with Crippen LogP contribution in [0.2, 0.25) is 0 Å². The van der Waals surface area contributed by atoms with Gasteiger partial charge in [0.15, 0.2) is 9.84 Å². The van der Waals surface area contributed by atoms with Crippen molar-refractivity contribution in [2.45, 2.75) is 50.3 Å². The van der Waals surface area contributed by atoms with Gasteiger partial charge in [0.05, 0.1) is 24.2 Å². The van der Waals surface area contributed by atoms with Gasteiger partial charge in [0.1, 0.15) is 17.4 Å². The zero-order chi connectivity index (χ0) is 20.3. The fourth-order valence-electron chi connectivity index (χ4n) is 3.87. The van der Waals surface area contributed by atoms with Crippen LogP contribution in [0.25, 0.3) is 0 Å². The number of nitrogens with zero attached hydrogens (tertiary/aromatic N) is 1. The number of amides is 1. The van der Waals surface area contributed by atoms with Gasteiger partial charge in [-0.2, -0.15) is 0 Å². The Labute approximate surface area is 164 Å². The van der Waals surface area contributed by atoms with Crippen molar-refractivity contribution in [1.82, 2.24) is 10.2 Å². The Morgan fingerprint density at radius 1 is 1.14 bits per heavy atom. The molecule has 3 rings (SSSR count). The number of sulfone groups is 1. The average molecular weight is 416 g/mol. The molecule has 2 fully saturated rings. The molecule has 6 nitrogen and oxygen atoms in total. The number of hydrogen-bond acceptors (Lipinski definition) is 5. The number of ether oxygens (including phenoxy) is 1. The molecular weight excluding hydrogens is 390 g/mol. The molecule has 2 aliphatic rings. The molecule has 28 heavy (non-hydrogen) atoms. The Bertz CT molecular complexity index is 790. The van der Waals surface area contributed by atoms with E-state index in [2.05, 4.69) is 5.32 Å². The maximum Gasteiger partial charge on any atom is 0.234 e. The van der Waals surface area contributed by atoms with Gasteiger partial charge in [0, 0.05) is 30.3 Å². The normalized spacial score (nSPS) is 26.9. The van der Waals surface area contributed by atoms with Crippen molar-refractivity contribution in [3.63, 3.8) is 0 Å². The Balaban J connectivity index is 1.40. The van der Waals surface area contributed by atoms with Crippen molar-refractivity contribution in [2.75, 3.05) is 25.1 Å². The first-order valence-electron chi connectivity index (χ1n) is 9.53. The van der Waals surface area contributed by atoms with Gasteiger partial charge in [-0.3, -0.25) is 9.69 Å². The summed E-state index contributed by atoms with van der Waals surface area (Å²) >= 11 is 0. The Morgan fingerprint density at radius 2 is 1.79 bits per heavy atom. The van der Waals surface area contributed by atoms with Gasteiger partial charge in [-0.15, -0.1) is 0 Å². The Hall–Kier alpha value is -1.74. The first-order valence-corrected chi connectivity index (χ1v) is 11.3. The van der Waals surface area contributed by atoms with Crippen molar-refractivity contribution in [3.8, 4) is 5.75 Å². The number of hydrogen-bond donors (Lipinski definition) is 1. The molecule has 1 aliphatic heterocycles. The van der Waals surface area contributed by atoms with E-state index in [1.807, 2.05) is 0 Å². The summed E-state index contributed by atoms with van der Waals surface area (Å²) in [6.07, 6.45) is 3.22. The zero-order valence-electron chi connectivity index (χ0n) is 15.9. The molecule has 0 spiro atoms. The van der Waals surface area contributed by atoms with Crippen molar-refractivity contribution < 1.29 is 26.7 Å².